The average molecular weight is 202 g/mol. The topological polar surface area (TPSA) is 29.3 Å². The lowest BCUT2D eigenvalue weighted by Gasteiger charge is -2.34. The summed E-state index contributed by atoms with van der Waals surface area (Å²) in [4.78, 5) is 2.61. The maximum Gasteiger partial charge on any atom is 0.0158 e. The third kappa shape index (κ3) is 3.88. The van der Waals surface area contributed by atoms with Crippen LogP contribution in [-0.2, 0) is 0 Å². The van der Waals surface area contributed by atoms with Crippen LogP contribution in [0.25, 0.3) is 0 Å². The molecule has 0 aromatic carbocycles. The minimum Gasteiger partial charge on any atom is -0.330 e. The summed E-state index contributed by atoms with van der Waals surface area (Å²) in [6, 6.07) is 0.763. The summed E-state index contributed by atoms with van der Waals surface area (Å²) in [7, 11) is 0. The molecule has 2 unspecified atom stereocenters. The summed E-state index contributed by atoms with van der Waals surface area (Å²) in [5, 5.41) is 0. The highest BCUT2D eigenvalue weighted by Crippen LogP contribution is 2.17. The normalized spacial score (nSPS) is 27.5. The second kappa shape index (κ2) is 5.89. The van der Waals surface area contributed by atoms with Crippen molar-refractivity contribution in [1.82, 2.24) is 4.90 Å². The van der Waals surface area contributed by atoms with Crippen LogP contribution >= 0.6 is 11.8 Å². The smallest absolute Gasteiger partial charge is 0.0158 e. The van der Waals surface area contributed by atoms with Gasteiger partial charge in [-0.1, -0.05) is 6.92 Å². The van der Waals surface area contributed by atoms with Gasteiger partial charge in [-0.2, -0.15) is 11.8 Å². The number of thioether (sulfide) groups is 1. The highest BCUT2D eigenvalue weighted by atomic mass is 32.2. The number of rotatable bonds is 4. The number of hydrogen-bond donors (Lipinski definition) is 1. The van der Waals surface area contributed by atoms with Crippen LogP contribution in [0.3, 0.4) is 0 Å². The van der Waals surface area contributed by atoms with Gasteiger partial charge in [-0.25, -0.2) is 0 Å². The van der Waals surface area contributed by atoms with Gasteiger partial charge in [0, 0.05) is 30.6 Å². The molecule has 2 atom stereocenters. The predicted octanol–water partition coefficient (Wildman–Crippen LogP) is 1.41. The van der Waals surface area contributed by atoms with Crippen molar-refractivity contribution in [3.63, 3.8) is 0 Å². The van der Waals surface area contributed by atoms with Crippen LogP contribution in [0.15, 0.2) is 0 Å². The largest absolute Gasteiger partial charge is 0.330 e. The first-order chi connectivity index (χ1) is 6.24. The van der Waals surface area contributed by atoms with Crippen molar-refractivity contribution in [2.24, 2.45) is 11.7 Å². The second-order valence-electron chi connectivity index (χ2n) is 4.10. The Kier molecular flexibility index (Phi) is 5.14. The second-order valence-corrected chi connectivity index (χ2v) is 5.25. The van der Waals surface area contributed by atoms with Crippen LogP contribution in [0.5, 0.6) is 0 Å². The zero-order valence-electron chi connectivity index (χ0n) is 8.83. The Hall–Kier alpha value is 0.270. The van der Waals surface area contributed by atoms with E-state index in [9.17, 15) is 0 Å². The zero-order chi connectivity index (χ0) is 9.68. The minimum absolute atomic E-state index is 0.760. The third-order valence-corrected chi connectivity index (χ3v) is 3.90. The molecule has 2 nitrogen and oxygen atoms in total. The Bertz CT molecular complexity index is 141. The van der Waals surface area contributed by atoms with E-state index >= 15 is 0 Å². The molecule has 0 bridgehead atoms. The van der Waals surface area contributed by atoms with Gasteiger partial charge in [-0.15, -0.1) is 0 Å². The first-order valence-corrected chi connectivity index (χ1v) is 6.41. The molecule has 0 amide bonds. The summed E-state index contributed by atoms with van der Waals surface area (Å²) in [6.07, 6.45) is 1.16. The fourth-order valence-corrected chi connectivity index (χ4v) is 2.89. The average Bonchev–Trinajstić information content (AvgIpc) is 2.09. The van der Waals surface area contributed by atoms with Crippen LogP contribution in [0.1, 0.15) is 20.3 Å². The van der Waals surface area contributed by atoms with Gasteiger partial charge < -0.3 is 5.73 Å². The monoisotopic (exact) mass is 202 g/mol. The molecule has 1 fully saturated rings. The van der Waals surface area contributed by atoms with E-state index in [1.54, 1.807) is 0 Å². The lowest BCUT2D eigenvalue weighted by molar-refractivity contribution is 0.198. The highest BCUT2D eigenvalue weighted by Gasteiger charge is 2.19. The van der Waals surface area contributed by atoms with E-state index in [1.807, 2.05) is 0 Å². The number of nitrogens with zero attached hydrogens (tertiary/aromatic N) is 1. The van der Waals surface area contributed by atoms with Crippen molar-refractivity contribution in [1.29, 1.82) is 0 Å². The van der Waals surface area contributed by atoms with Gasteiger partial charge in [0.1, 0.15) is 0 Å². The van der Waals surface area contributed by atoms with Crippen LogP contribution < -0.4 is 5.73 Å². The summed E-state index contributed by atoms with van der Waals surface area (Å²) < 4.78 is 0. The van der Waals surface area contributed by atoms with Gasteiger partial charge in [-0.3, -0.25) is 4.90 Å². The number of nitrogens with two attached hydrogens (primary N) is 1. The Morgan fingerprint density at radius 2 is 2.38 bits per heavy atom. The van der Waals surface area contributed by atoms with E-state index in [4.69, 9.17) is 5.73 Å². The van der Waals surface area contributed by atoms with Crippen molar-refractivity contribution >= 4 is 11.8 Å². The molecule has 3 heteroatoms. The molecule has 1 aliphatic heterocycles. The molecule has 0 radical (unpaired) electrons. The first-order valence-electron chi connectivity index (χ1n) is 5.26. The van der Waals surface area contributed by atoms with E-state index in [0.29, 0.717) is 0 Å². The molecule has 0 aliphatic carbocycles. The van der Waals surface area contributed by atoms with E-state index in [1.165, 1.54) is 24.6 Å². The van der Waals surface area contributed by atoms with E-state index in [0.717, 1.165) is 24.9 Å². The SMILES string of the molecule is CC(CCN)CN1CCSCC1C. The maximum absolute atomic E-state index is 5.55. The Morgan fingerprint density at radius 3 is 3.00 bits per heavy atom. The molecule has 0 spiro atoms. The fraction of sp³-hybridized carbons (Fsp3) is 1.00. The summed E-state index contributed by atoms with van der Waals surface area (Å²) in [6.45, 7) is 7.97. The van der Waals surface area contributed by atoms with Crippen molar-refractivity contribution in [3.8, 4) is 0 Å². The van der Waals surface area contributed by atoms with Crippen LogP contribution in [-0.4, -0.2) is 42.1 Å². The van der Waals surface area contributed by atoms with Crippen molar-refractivity contribution in [2.75, 3.05) is 31.1 Å². The van der Waals surface area contributed by atoms with Crippen LogP contribution in [0.4, 0.5) is 0 Å². The van der Waals surface area contributed by atoms with Crippen LogP contribution in [0, 0.1) is 5.92 Å². The van der Waals surface area contributed by atoms with Gasteiger partial charge in [0.05, 0.1) is 0 Å². The fourth-order valence-electron chi connectivity index (χ4n) is 1.81. The molecule has 78 valence electrons. The number of hydrogen-bond acceptors (Lipinski definition) is 3. The molecule has 0 aromatic rings. The molecule has 1 rings (SSSR count). The first kappa shape index (κ1) is 11.3. The van der Waals surface area contributed by atoms with Gasteiger partial charge >= 0.3 is 0 Å². The van der Waals surface area contributed by atoms with Gasteiger partial charge in [-0.05, 0) is 25.8 Å². The molecule has 0 aromatic heterocycles. The summed E-state index contributed by atoms with van der Waals surface area (Å²) >= 11 is 2.08. The maximum atomic E-state index is 5.55. The quantitative estimate of drug-likeness (QED) is 0.747. The molecule has 2 N–H and O–H groups in total. The van der Waals surface area contributed by atoms with Crippen molar-refractivity contribution in [3.05, 3.63) is 0 Å². The highest BCUT2D eigenvalue weighted by molar-refractivity contribution is 7.99. The standard InChI is InChI=1S/C10H22N2S/c1-9(3-4-11)7-12-5-6-13-8-10(12)2/h9-10H,3-8,11H2,1-2H3. The Labute approximate surface area is 86.2 Å². The molecule has 13 heavy (non-hydrogen) atoms. The molecule has 1 heterocycles. The molecular formula is C10H22N2S. The van der Waals surface area contributed by atoms with Crippen molar-refractivity contribution in [2.45, 2.75) is 26.3 Å². The van der Waals surface area contributed by atoms with Gasteiger partial charge in [0.15, 0.2) is 0 Å². The van der Waals surface area contributed by atoms with Gasteiger partial charge in [0.25, 0.3) is 0 Å². The lowest BCUT2D eigenvalue weighted by atomic mass is 10.1. The Morgan fingerprint density at radius 1 is 1.62 bits per heavy atom. The summed E-state index contributed by atoms with van der Waals surface area (Å²) in [5.41, 5.74) is 5.55. The van der Waals surface area contributed by atoms with E-state index < -0.39 is 0 Å². The van der Waals surface area contributed by atoms with Crippen LogP contribution in [0.2, 0.25) is 0 Å². The summed E-state index contributed by atoms with van der Waals surface area (Å²) in [5.74, 6) is 3.37. The third-order valence-electron chi connectivity index (χ3n) is 2.71. The molecule has 0 saturated carbocycles. The minimum atomic E-state index is 0.760. The lowest BCUT2D eigenvalue weighted by Crippen LogP contribution is -2.42. The van der Waals surface area contributed by atoms with E-state index in [-0.39, 0.29) is 0 Å². The van der Waals surface area contributed by atoms with E-state index in [2.05, 4.69) is 30.5 Å². The molecule has 1 saturated heterocycles. The van der Waals surface area contributed by atoms with Crippen molar-refractivity contribution < 1.29 is 0 Å². The zero-order valence-corrected chi connectivity index (χ0v) is 9.65. The predicted molar refractivity (Wildman–Crippen MR) is 61.2 cm³/mol. The Balaban J connectivity index is 2.25. The molecular weight excluding hydrogens is 180 g/mol. The van der Waals surface area contributed by atoms with Gasteiger partial charge in [0.2, 0.25) is 0 Å². The molecule has 1 aliphatic rings.